The van der Waals surface area contributed by atoms with Crippen LogP contribution in [0.15, 0.2) is 48.7 Å². The van der Waals surface area contributed by atoms with Crippen LogP contribution in [0.2, 0.25) is 5.02 Å². The zero-order valence-corrected chi connectivity index (χ0v) is 14.8. The Labute approximate surface area is 156 Å². The summed E-state index contributed by atoms with van der Waals surface area (Å²) in [5, 5.41) is 16.7. The third kappa shape index (κ3) is 3.37. The number of para-hydroxylation sites is 1. The van der Waals surface area contributed by atoms with E-state index < -0.39 is 7.12 Å². The lowest BCUT2D eigenvalue weighted by Crippen LogP contribution is -2.27. The molecule has 0 aliphatic carbocycles. The average Bonchev–Trinajstić information content (AvgIpc) is 3.00. The largest absolute Gasteiger partial charge is 0.491 e. The molecule has 1 aliphatic heterocycles. The first kappa shape index (κ1) is 16.8. The number of fused-ring (bicyclic) bond motifs is 1. The van der Waals surface area contributed by atoms with E-state index in [2.05, 4.69) is 20.6 Å². The maximum absolute atomic E-state index is 9.71. The molecule has 0 fully saturated rings. The second-order valence-corrected chi connectivity index (χ2v) is 6.44. The minimum atomic E-state index is -0.846. The van der Waals surface area contributed by atoms with Crippen LogP contribution in [-0.2, 0) is 11.3 Å². The lowest BCUT2D eigenvalue weighted by Gasteiger charge is -2.12. The number of aryl methyl sites for hydroxylation is 1. The van der Waals surface area contributed by atoms with Crippen LogP contribution in [0.5, 0.6) is 0 Å². The third-order valence-electron chi connectivity index (χ3n) is 4.16. The van der Waals surface area contributed by atoms with E-state index in [4.69, 9.17) is 16.3 Å². The SMILES string of the molecule is Cc1cnc(Nc2ccc3c(c2)COB3O)nc1Nc1ccccc1Cl. The molecule has 130 valence electrons. The highest BCUT2D eigenvalue weighted by atomic mass is 35.5. The Hall–Kier alpha value is -2.61. The fraction of sp³-hybridized carbons (Fsp3) is 0.111. The zero-order chi connectivity index (χ0) is 18.1. The van der Waals surface area contributed by atoms with E-state index in [9.17, 15) is 5.02 Å². The number of halogens is 1. The molecule has 0 radical (unpaired) electrons. The topological polar surface area (TPSA) is 79.3 Å². The van der Waals surface area contributed by atoms with Crippen LogP contribution in [0, 0.1) is 6.92 Å². The number of benzene rings is 2. The molecule has 0 atom stereocenters. The Balaban J connectivity index is 1.57. The zero-order valence-electron chi connectivity index (χ0n) is 14.0. The lowest BCUT2D eigenvalue weighted by molar-refractivity contribution is 0.275. The molecule has 8 heteroatoms. The van der Waals surface area contributed by atoms with Crippen molar-refractivity contribution in [2.24, 2.45) is 0 Å². The van der Waals surface area contributed by atoms with Crippen molar-refractivity contribution in [3.63, 3.8) is 0 Å². The van der Waals surface area contributed by atoms with Crippen molar-refractivity contribution < 1.29 is 9.68 Å². The monoisotopic (exact) mass is 366 g/mol. The summed E-state index contributed by atoms with van der Waals surface area (Å²) in [7, 11) is -0.846. The average molecular weight is 367 g/mol. The van der Waals surface area contributed by atoms with E-state index >= 15 is 0 Å². The minimum absolute atomic E-state index is 0.389. The van der Waals surface area contributed by atoms with Crippen LogP contribution >= 0.6 is 11.6 Å². The molecule has 4 rings (SSSR count). The van der Waals surface area contributed by atoms with E-state index in [0.717, 1.165) is 28.0 Å². The molecule has 0 saturated carbocycles. The van der Waals surface area contributed by atoms with Crippen LogP contribution in [0.4, 0.5) is 23.1 Å². The summed E-state index contributed by atoms with van der Waals surface area (Å²) in [5.74, 6) is 1.14. The fourth-order valence-electron chi connectivity index (χ4n) is 2.76. The van der Waals surface area contributed by atoms with Crippen LogP contribution in [0.1, 0.15) is 11.1 Å². The first-order valence-electron chi connectivity index (χ1n) is 8.15. The summed E-state index contributed by atoms with van der Waals surface area (Å²) in [6.07, 6.45) is 1.74. The van der Waals surface area contributed by atoms with Gasteiger partial charge in [0.25, 0.3) is 0 Å². The molecule has 0 unspecified atom stereocenters. The van der Waals surface area contributed by atoms with Gasteiger partial charge >= 0.3 is 7.12 Å². The smallest absolute Gasteiger partial charge is 0.423 e. The normalized spacial score (nSPS) is 12.8. The number of hydrogen-bond donors (Lipinski definition) is 3. The highest BCUT2D eigenvalue weighted by Crippen LogP contribution is 2.26. The van der Waals surface area contributed by atoms with E-state index in [1.807, 2.05) is 49.4 Å². The molecule has 6 nitrogen and oxygen atoms in total. The summed E-state index contributed by atoms with van der Waals surface area (Å²) in [6.45, 7) is 2.32. The molecule has 26 heavy (non-hydrogen) atoms. The van der Waals surface area contributed by atoms with Crippen molar-refractivity contribution in [2.75, 3.05) is 10.6 Å². The molecule has 2 aromatic carbocycles. The molecule has 2 heterocycles. The van der Waals surface area contributed by atoms with Gasteiger partial charge in [-0.2, -0.15) is 4.98 Å². The van der Waals surface area contributed by atoms with Crippen LogP contribution in [0.3, 0.4) is 0 Å². The maximum Gasteiger partial charge on any atom is 0.491 e. The molecule has 1 aromatic heterocycles. The summed E-state index contributed by atoms with van der Waals surface area (Å²) in [4.78, 5) is 8.87. The van der Waals surface area contributed by atoms with Crippen molar-refractivity contribution in [1.82, 2.24) is 9.97 Å². The van der Waals surface area contributed by atoms with Crippen molar-refractivity contribution in [2.45, 2.75) is 13.5 Å². The number of aromatic nitrogens is 2. The molecule has 0 saturated heterocycles. The Bertz CT molecular complexity index is 970. The number of nitrogens with one attached hydrogen (secondary N) is 2. The fourth-order valence-corrected chi connectivity index (χ4v) is 2.94. The Morgan fingerprint density at radius 2 is 2.04 bits per heavy atom. The number of nitrogens with zero attached hydrogens (tertiary/aromatic N) is 2. The summed E-state index contributed by atoms with van der Waals surface area (Å²) < 4.78 is 5.21. The molecule has 0 bridgehead atoms. The molecule has 3 N–H and O–H groups in total. The van der Waals surface area contributed by atoms with Gasteiger partial charge in [0.15, 0.2) is 0 Å². The second-order valence-electron chi connectivity index (χ2n) is 6.03. The number of rotatable bonds is 4. The Morgan fingerprint density at radius 3 is 2.88 bits per heavy atom. The molecular formula is C18H16BClN4O2. The van der Waals surface area contributed by atoms with Crippen LogP contribution in [-0.4, -0.2) is 22.1 Å². The van der Waals surface area contributed by atoms with Gasteiger partial charge in [0.1, 0.15) is 5.82 Å². The summed E-state index contributed by atoms with van der Waals surface area (Å²) >= 11 is 6.21. The van der Waals surface area contributed by atoms with Gasteiger partial charge in [-0.05, 0) is 42.2 Å². The van der Waals surface area contributed by atoms with E-state index in [1.54, 1.807) is 6.20 Å². The molecule has 0 amide bonds. The van der Waals surface area contributed by atoms with Crippen molar-refractivity contribution in [3.05, 3.63) is 64.8 Å². The van der Waals surface area contributed by atoms with E-state index in [0.29, 0.717) is 23.4 Å². The van der Waals surface area contributed by atoms with Gasteiger partial charge in [0.2, 0.25) is 5.95 Å². The van der Waals surface area contributed by atoms with E-state index in [1.165, 1.54) is 0 Å². The summed E-state index contributed by atoms with van der Waals surface area (Å²) in [5.41, 5.74) is 4.26. The van der Waals surface area contributed by atoms with Gasteiger partial charge in [0, 0.05) is 17.4 Å². The highest BCUT2D eigenvalue weighted by Gasteiger charge is 2.27. The van der Waals surface area contributed by atoms with E-state index in [-0.39, 0.29) is 0 Å². The molecule has 0 spiro atoms. The molecular weight excluding hydrogens is 350 g/mol. The molecule has 3 aromatic rings. The highest BCUT2D eigenvalue weighted by molar-refractivity contribution is 6.61. The maximum atomic E-state index is 9.71. The third-order valence-corrected chi connectivity index (χ3v) is 4.49. The van der Waals surface area contributed by atoms with Gasteiger partial charge in [-0.3, -0.25) is 0 Å². The quantitative estimate of drug-likeness (QED) is 0.616. The van der Waals surface area contributed by atoms with Crippen molar-refractivity contribution in [1.29, 1.82) is 0 Å². The standard InChI is InChI=1S/C18H16BClN4O2/c1-11-9-21-18(24-17(11)23-16-5-3-2-4-15(16)20)22-13-6-7-14-12(8-13)10-26-19(14)25/h2-9,25H,10H2,1H3,(H2,21,22,23,24). The molecule has 1 aliphatic rings. The van der Waals surface area contributed by atoms with Crippen LogP contribution < -0.4 is 16.1 Å². The number of hydrogen-bond acceptors (Lipinski definition) is 6. The second kappa shape index (κ2) is 6.95. The first-order chi connectivity index (χ1) is 12.6. The van der Waals surface area contributed by atoms with Gasteiger partial charge in [-0.15, -0.1) is 0 Å². The van der Waals surface area contributed by atoms with Crippen LogP contribution in [0.25, 0.3) is 0 Å². The Morgan fingerprint density at radius 1 is 1.19 bits per heavy atom. The lowest BCUT2D eigenvalue weighted by atomic mass is 9.79. The predicted molar refractivity (Wildman–Crippen MR) is 104 cm³/mol. The number of anilines is 4. The van der Waals surface area contributed by atoms with Gasteiger partial charge in [0.05, 0.1) is 17.3 Å². The first-order valence-corrected chi connectivity index (χ1v) is 8.52. The van der Waals surface area contributed by atoms with Gasteiger partial charge < -0.3 is 20.3 Å². The Kier molecular flexibility index (Phi) is 4.50. The predicted octanol–water partition coefficient (Wildman–Crippen LogP) is 3.14. The van der Waals surface area contributed by atoms with Crippen molar-refractivity contribution >= 4 is 47.3 Å². The van der Waals surface area contributed by atoms with Gasteiger partial charge in [-0.25, -0.2) is 4.98 Å². The van der Waals surface area contributed by atoms with Crippen molar-refractivity contribution in [3.8, 4) is 0 Å². The van der Waals surface area contributed by atoms with Gasteiger partial charge in [-0.1, -0.05) is 29.8 Å². The minimum Gasteiger partial charge on any atom is -0.423 e. The summed E-state index contributed by atoms with van der Waals surface area (Å²) in [6, 6.07) is 13.1.